The van der Waals surface area contributed by atoms with Crippen LogP contribution in [-0.4, -0.2) is 9.52 Å². The van der Waals surface area contributed by atoms with E-state index in [2.05, 4.69) is 151 Å². The largest absolute Gasteiger partial charge is 0.121 e. The van der Waals surface area contributed by atoms with E-state index in [9.17, 15) is 0 Å². The summed E-state index contributed by atoms with van der Waals surface area (Å²) in [5.41, 5.74) is 8.46. The third-order valence-corrected chi connectivity index (χ3v) is 8.52. The molecular formula is C38H40Cl2SiZr. The first kappa shape index (κ1) is 34.3. The summed E-state index contributed by atoms with van der Waals surface area (Å²) in [7, 11) is 10.6. The summed E-state index contributed by atoms with van der Waals surface area (Å²) in [5, 5.41) is 8.54. The van der Waals surface area contributed by atoms with Crippen LogP contribution < -0.4 is 10.4 Å². The molecule has 6 rings (SSSR count). The zero-order valence-electron chi connectivity index (χ0n) is 25.6. The SMILES string of the molecule is CCc1ccc(C)c2[cH-]c(C)cc12.CCc1ccc(C)c2[cH-]c(C)cc12.[Cl][Zr+2][Cl].c1ccc([Si]c2ccccc2)cc1. The van der Waals surface area contributed by atoms with Crippen molar-refractivity contribution in [3.63, 3.8) is 0 Å². The smallest absolute Gasteiger partial charge is 0.0631 e. The van der Waals surface area contributed by atoms with Crippen LogP contribution in [0.15, 0.2) is 109 Å². The molecular weight excluding hydrogens is 647 g/mol. The van der Waals surface area contributed by atoms with Gasteiger partial charge < -0.3 is 0 Å². The Balaban J connectivity index is 0.000000165. The quantitative estimate of drug-likeness (QED) is 0.128. The number of fused-ring (bicyclic) bond motifs is 2. The molecule has 0 saturated carbocycles. The van der Waals surface area contributed by atoms with Crippen LogP contribution in [0.25, 0.3) is 21.5 Å². The van der Waals surface area contributed by atoms with Gasteiger partial charge in [-0.05, 0) is 12.8 Å². The molecule has 0 saturated heterocycles. The van der Waals surface area contributed by atoms with E-state index < -0.39 is 20.8 Å². The second kappa shape index (κ2) is 17.8. The number of rotatable bonds is 4. The van der Waals surface area contributed by atoms with Gasteiger partial charge in [-0.25, -0.2) is 0 Å². The first-order valence-corrected chi connectivity index (χ1v) is 21.8. The first-order valence-electron chi connectivity index (χ1n) is 14.5. The summed E-state index contributed by atoms with van der Waals surface area (Å²) in [6.45, 7) is 13.1. The van der Waals surface area contributed by atoms with Gasteiger partial charge >= 0.3 is 37.9 Å². The maximum Gasteiger partial charge on any atom is 0.121 e. The molecule has 0 heterocycles. The summed E-state index contributed by atoms with van der Waals surface area (Å²) < 4.78 is 0. The molecule has 214 valence electrons. The summed E-state index contributed by atoms with van der Waals surface area (Å²) in [4.78, 5) is 0. The number of aryl methyl sites for hydroxylation is 6. The fourth-order valence-electron chi connectivity index (χ4n) is 5.13. The Morgan fingerprint density at radius 3 is 1.26 bits per heavy atom. The zero-order chi connectivity index (χ0) is 30.5. The van der Waals surface area contributed by atoms with Gasteiger partial charge in [0.1, 0.15) is 9.52 Å². The van der Waals surface area contributed by atoms with Crippen molar-refractivity contribution in [1.29, 1.82) is 0 Å². The normalized spacial score (nSPS) is 10.1. The van der Waals surface area contributed by atoms with Crippen LogP contribution in [0.5, 0.6) is 0 Å². The Kier molecular flexibility index (Phi) is 14.5. The van der Waals surface area contributed by atoms with Crippen molar-refractivity contribution in [2.24, 2.45) is 0 Å². The molecule has 0 aliphatic rings. The van der Waals surface area contributed by atoms with E-state index >= 15 is 0 Å². The van der Waals surface area contributed by atoms with Crippen LogP contribution in [0.3, 0.4) is 0 Å². The third-order valence-electron chi connectivity index (χ3n) is 7.28. The van der Waals surface area contributed by atoms with Gasteiger partial charge in [-0.15, -0.1) is 68.1 Å². The van der Waals surface area contributed by atoms with Gasteiger partial charge in [0.2, 0.25) is 0 Å². The van der Waals surface area contributed by atoms with Crippen molar-refractivity contribution in [1.82, 2.24) is 0 Å². The van der Waals surface area contributed by atoms with Gasteiger partial charge in [-0.2, -0.15) is 12.1 Å². The van der Waals surface area contributed by atoms with Gasteiger partial charge in [-0.3, -0.25) is 0 Å². The van der Waals surface area contributed by atoms with Gasteiger partial charge in [0.25, 0.3) is 0 Å². The molecule has 0 N–H and O–H groups in total. The van der Waals surface area contributed by atoms with E-state index in [1.54, 1.807) is 0 Å². The van der Waals surface area contributed by atoms with Crippen molar-refractivity contribution in [3.05, 3.63) is 143 Å². The third kappa shape index (κ3) is 9.92. The van der Waals surface area contributed by atoms with E-state index in [1.807, 2.05) is 0 Å². The molecule has 0 bridgehead atoms. The van der Waals surface area contributed by atoms with Crippen LogP contribution in [0.4, 0.5) is 0 Å². The van der Waals surface area contributed by atoms with Gasteiger partial charge in [-0.1, -0.05) is 136 Å². The molecule has 42 heavy (non-hydrogen) atoms. The van der Waals surface area contributed by atoms with Crippen molar-refractivity contribution in [2.45, 2.75) is 54.4 Å². The van der Waals surface area contributed by atoms with E-state index in [1.165, 1.54) is 65.3 Å². The zero-order valence-corrected chi connectivity index (χ0v) is 30.5. The van der Waals surface area contributed by atoms with Crippen molar-refractivity contribution >= 4 is 58.5 Å². The van der Waals surface area contributed by atoms with Crippen molar-refractivity contribution < 1.29 is 20.8 Å². The van der Waals surface area contributed by atoms with E-state index in [0.29, 0.717) is 0 Å². The minimum atomic E-state index is -0.826. The second-order valence-electron chi connectivity index (χ2n) is 10.4. The molecule has 0 aliphatic carbocycles. The summed E-state index contributed by atoms with van der Waals surface area (Å²) >= 11 is -0.826. The molecule has 0 fully saturated rings. The van der Waals surface area contributed by atoms with Crippen LogP contribution in [0, 0.1) is 27.7 Å². The minimum Gasteiger partial charge on any atom is -0.0631 e. The van der Waals surface area contributed by atoms with Crippen LogP contribution in [0.2, 0.25) is 0 Å². The van der Waals surface area contributed by atoms with E-state index in [-0.39, 0.29) is 0 Å². The fourth-order valence-corrected chi connectivity index (χ4v) is 6.18. The molecule has 0 spiro atoms. The summed E-state index contributed by atoms with van der Waals surface area (Å²) in [5.74, 6) is 0. The predicted molar refractivity (Wildman–Crippen MR) is 186 cm³/mol. The van der Waals surface area contributed by atoms with Gasteiger partial charge in [0, 0.05) is 0 Å². The molecule has 0 unspecified atom stereocenters. The van der Waals surface area contributed by atoms with Crippen LogP contribution >= 0.6 is 17.0 Å². The van der Waals surface area contributed by atoms with Crippen LogP contribution in [0.1, 0.15) is 47.2 Å². The monoisotopic (exact) mass is 684 g/mol. The van der Waals surface area contributed by atoms with E-state index in [0.717, 1.165) is 22.4 Å². The topological polar surface area (TPSA) is 0 Å². The van der Waals surface area contributed by atoms with Crippen molar-refractivity contribution in [3.8, 4) is 0 Å². The molecule has 6 aromatic rings. The maximum absolute atomic E-state index is 4.93. The Bertz CT molecular complexity index is 1530. The van der Waals surface area contributed by atoms with Crippen LogP contribution in [-0.2, 0) is 33.7 Å². The predicted octanol–water partition coefficient (Wildman–Crippen LogP) is 10.2. The van der Waals surface area contributed by atoms with E-state index in [4.69, 9.17) is 17.0 Å². The molecule has 0 amide bonds. The molecule has 4 heteroatoms. The van der Waals surface area contributed by atoms with Gasteiger partial charge in [0.05, 0.1) is 0 Å². The number of hydrogen-bond acceptors (Lipinski definition) is 0. The molecule has 2 radical (unpaired) electrons. The summed E-state index contributed by atoms with van der Waals surface area (Å²) in [6.07, 6.45) is 2.25. The molecule has 0 nitrogen and oxygen atoms in total. The number of halogens is 2. The Morgan fingerprint density at radius 1 is 0.571 bits per heavy atom. The maximum atomic E-state index is 4.93. The molecule has 0 aromatic heterocycles. The first-order chi connectivity index (χ1) is 20.3. The van der Waals surface area contributed by atoms with Gasteiger partial charge in [0.15, 0.2) is 0 Å². The minimum absolute atomic E-state index is 0.777. The average molecular weight is 687 g/mol. The summed E-state index contributed by atoms with van der Waals surface area (Å²) in [6, 6.07) is 39.2. The Labute approximate surface area is 274 Å². The average Bonchev–Trinajstić information content (AvgIpc) is 3.59. The second-order valence-corrected chi connectivity index (χ2v) is 15.6. The molecule has 6 aromatic carbocycles. The standard InChI is InChI=1S/2C13H15.C12H10Si.2ClH.Zr/c2*1-4-11-6-5-10(3)12-7-9(2)8-13(11)12;1-3-7-11(8-4-1)13-12-9-5-2-6-10-12;;;/h2*5-8H,4H2,1-3H3;1-10H;2*1H;/q2*-1;;;;+4/p-2. The molecule has 0 aliphatic heterocycles. The van der Waals surface area contributed by atoms with Crippen molar-refractivity contribution in [2.75, 3.05) is 0 Å². The molecule has 0 atom stereocenters. The Morgan fingerprint density at radius 2 is 0.929 bits per heavy atom. The Hall–Kier alpha value is -2.22. The fraction of sp³-hybridized carbons (Fsp3) is 0.211. The number of hydrogen-bond donors (Lipinski definition) is 0. The number of benzene rings is 4.